The SMILES string of the molecule is CCOc1ccc(CCC2CC2C(=O)OC)cc1Br. The minimum absolute atomic E-state index is 0.0575. The van der Waals surface area contributed by atoms with Crippen LogP contribution in [0.5, 0.6) is 5.75 Å². The van der Waals surface area contributed by atoms with E-state index in [1.807, 2.05) is 13.0 Å². The average Bonchev–Trinajstić information content (AvgIpc) is 3.18. The van der Waals surface area contributed by atoms with Crippen molar-refractivity contribution in [3.05, 3.63) is 28.2 Å². The van der Waals surface area contributed by atoms with Crippen LogP contribution in [0.1, 0.15) is 25.3 Å². The van der Waals surface area contributed by atoms with Crippen LogP contribution in [-0.2, 0) is 16.0 Å². The molecule has 104 valence electrons. The standard InChI is InChI=1S/C15H19BrO3/c1-3-19-14-7-5-10(8-13(14)16)4-6-11-9-12(11)15(17)18-2/h5,7-8,11-12H,3-4,6,9H2,1-2H3. The number of ether oxygens (including phenoxy) is 2. The van der Waals surface area contributed by atoms with Gasteiger partial charge in [-0.15, -0.1) is 0 Å². The molecule has 0 heterocycles. The van der Waals surface area contributed by atoms with Crippen molar-refractivity contribution in [1.29, 1.82) is 0 Å². The van der Waals surface area contributed by atoms with Gasteiger partial charge in [-0.25, -0.2) is 0 Å². The topological polar surface area (TPSA) is 35.5 Å². The predicted molar refractivity (Wildman–Crippen MR) is 77.2 cm³/mol. The first kappa shape index (κ1) is 14.4. The highest BCUT2D eigenvalue weighted by Gasteiger charge is 2.43. The fraction of sp³-hybridized carbons (Fsp3) is 0.533. The van der Waals surface area contributed by atoms with Crippen molar-refractivity contribution < 1.29 is 14.3 Å². The van der Waals surface area contributed by atoms with Gasteiger partial charge < -0.3 is 9.47 Å². The molecule has 1 aliphatic carbocycles. The minimum Gasteiger partial charge on any atom is -0.493 e. The highest BCUT2D eigenvalue weighted by atomic mass is 79.9. The zero-order valence-corrected chi connectivity index (χ0v) is 12.9. The van der Waals surface area contributed by atoms with Crippen LogP contribution < -0.4 is 4.74 Å². The Morgan fingerprint density at radius 1 is 1.47 bits per heavy atom. The van der Waals surface area contributed by atoms with E-state index in [0.717, 1.165) is 29.5 Å². The molecule has 0 spiro atoms. The van der Waals surface area contributed by atoms with Crippen molar-refractivity contribution in [1.82, 2.24) is 0 Å². The van der Waals surface area contributed by atoms with Crippen LogP contribution in [0.15, 0.2) is 22.7 Å². The summed E-state index contributed by atoms with van der Waals surface area (Å²) in [5, 5.41) is 0. The Morgan fingerprint density at radius 2 is 2.26 bits per heavy atom. The molecule has 1 aromatic carbocycles. The number of rotatable bonds is 6. The lowest BCUT2D eigenvalue weighted by atomic mass is 10.1. The summed E-state index contributed by atoms with van der Waals surface area (Å²) in [6, 6.07) is 6.18. The van der Waals surface area contributed by atoms with Gasteiger partial charge in [-0.3, -0.25) is 4.79 Å². The molecule has 2 rings (SSSR count). The first-order valence-electron chi connectivity index (χ1n) is 6.64. The zero-order chi connectivity index (χ0) is 13.8. The van der Waals surface area contributed by atoms with E-state index < -0.39 is 0 Å². The second-order valence-corrected chi connectivity index (χ2v) is 5.72. The van der Waals surface area contributed by atoms with Gasteiger partial charge in [0.2, 0.25) is 0 Å². The third-order valence-corrected chi connectivity index (χ3v) is 4.15. The Bertz CT molecular complexity index is 459. The average molecular weight is 327 g/mol. The summed E-state index contributed by atoms with van der Waals surface area (Å²) in [6.07, 6.45) is 3.01. The predicted octanol–water partition coefficient (Wildman–Crippen LogP) is 3.59. The molecule has 1 aliphatic rings. The largest absolute Gasteiger partial charge is 0.493 e. The van der Waals surface area contributed by atoms with Crippen LogP contribution in [0.25, 0.3) is 0 Å². The van der Waals surface area contributed by atoms with Crippen LogP contribution in [0, 0.1) is 11.8 Å². The van der Waals surface area contributed by atoms with Gasteiger partial charge in [-0.1, -0.05) is 6.07 Å². The Labute approximate surface area is 122 Å². The molecule has 0 amide bonds. The lowest BCUT2D eigenvalue weighted by Gasteiger charge is -2.08. The van der Waals surface area contributed by atoms with Crippen molar-refractivity contribution in [2.75, 3.05) is 13.7 Å². The number of aryl methyl sites for hydroxylation is 1. The maximum absolute atomic E-state index is 11.3. The van der Waals surface area contributed by atoms with Crippen LogP contribution >= 0.6 is 15.9 Å². The molecule has 0 radical (unpaired) electrons. The number of hydrogen-bond donors (Lipinski definition) is 0. The van der Waals surface area contributed by atoms with Gasteiger partial charge in [0.05, 0.1) is 24.1 Å². The number of halogens is 1. The van der Waals surface area contributed by atoms with E-state index in [0.29, 0.717) is 12.5 Å². The second-order valence-electron chi connectivity index (χ2n) is 4.86. The van der Waals surface area contributed by atoms with E-state index in [9.17, 15) is 4.79 Å². The third-order valence-electron chi connectivity index (χ3n) is 3.53. The van der Waals surface area contributed by atoms with E-state index in [1.165, 1.54) is 12.7 Å². The smallest absolute Gasteiger partial charge is 0.308 e. The quantitative estimate of drug-likeness (QED) is 0.749. The number of carbonyl (C=O) groups is 1. The van der Waals surface area contributed by atoms with Crippen molar-refractivity contribution >= 4 is 21.9 Å². The number of hydrogen-bond acceptors (Lipinski definition) is 3. The summed E-state index contributed by atoms with van der Waals surface area (Å²) in [5.74, 6) is 1.46. The molecule has 0 saturated heterocycles. The Morgan fingerprint density at radius 3 is 2.89 bits per heavy atom. The molecule has 1 aromatic rings. The molecule has 2 atom stereocenters. The Balaban J connectivity index is 1.84. The van der Waals surface area contributed by atoms with Crippen LogP contribution in [0.3, 0.4) is 0 Å². The fourth-order valence-electron chi connectivity index (χ4n) is 2.33. The molecular weight excluding hydrogens is 308 g/mol. The van der Waals surface area contributed by atoms with E-state index >= 15 is 0 Å². The third kappa shape index (κ3) is 3.72. The maximum Gasteiger partial charge on any atom is 0.308 e. The van der Waals surface area contributed by atoms with Gasteiger partial charge >= 0.3 is 5.97 Å². The maximum atomic E-state index is 11.3. The first-order valence-corrected chi connectivity index (χ1v) is 7.44. The van der Waals surface area contributed by atoms with E-state index in [-0.39, 0.29) is 11.9 Å². The van der Waals surface area contributed by atoms with Crippen molar-refractivity contribution in [3.63, 3.8) is 0 Å². The second kappa shape index (κ2) is 6.42. The molecule has 0 aromatic heterocycles. The van der Waals surface area contributed by atoms with Gasteiger partial charge in [0.25, 0.3) is 0 Å². The van der Waals surface area contributed by atoms with Gasteiger partial charge in [0, 0.05) is 0 Å². The number of benzene rings is 1. The molecule has 19 heavy (non-hydrogen) atoms. The summed E-state index contributed by atoms with van der Waals surface area (Å²) in [4.78, 5) is 11.3. The first-order chi connectivity index (χ1) is 9.15. The fourth-order valence-corrected chi connectivity index (χ4v) is 2.87. The summed E-state index contributed by atoms with van der Waals surface area (Å²) in [6.45, 7) is 2.64. The van der Waals surface area contributed by atoms with Crippen LogP contribution in [0.2, 0.25) is 0 Å². The molecule has 2 unspecified atom stereocenters. The van der Waals surface area contributed by atoms with Crippen molar-refractivity contribution in [2.24, 2.45) is 11.8 Å². The van der Waals surface area contributed by atoms with Crippen molar-refractivity contribution in [2.45, 2.75) is 26.2 Å². The number of methoxy groups -OCH3 is 1. The van der Waals surface area contributed by atoms with Gasteiger partial charge in [-0.05, 0) is 65.7 Å². The number of carbonyl (C=O) groups excluding carboxylic acids is 1. The van der Waals surface area contributed by atoms with Gasteiger partial charge in [-0.2, -0.15) is 0 Å². The lowest BCUT2D eigenvalue weighted by Crippen LogP contribution is -2.04. The molecule has 1 saturated carbocycles. The number of esters is 1. The molecule has 0 N–H and O–H groups in total. The normalized spacial score (nSPS) is 21.0. The minimum atomic E-state index is -0.0575. The van der Waals surface area contributed by atoms with Crippen molar-refractivity contribution in [3.8, 4) is 5.75 Å². The Hall–Kier alpha value is -1.03. The highest BCUT2D eigenvalue weighted by Crippen LogP contribution is 2.42. The zero-order valence-electron chi connectivity index (χ0n) is 11.3. The van der Waals surface area contributed by atoms with E-state index in [2.05, 4.69) is 28.1 Å². The highest BCUT2D eigenvalue weighted by molar-refractivity contribution is 9.10. The van der Waals surface area contributed by atoms with Gasteiger partial charge in [0.1, 0.15) is 5.75 Å². The van der Waals surface area contributed by atoms with Crippen LogP contribution in [0.4, 0.5) is 0 Å². The Kier molecular flexibility index (Phi) is 4.86. The molecular formula is C15H19BrO3. The summed E-state index contributed by atoms with van der Waals surface area (Å²) in [5.41, 5.74) is 1.27. The van der Waals surface area contributed by atoms with E-state index in [4.69, 9.17) is 9.47 Å². The summed E-state index contributed by atoms with van der Waals surface area (Å²) in [7, 11) is 1.46. The molecule has 0 bridgehead atoms. The van der Waals surface area contributed by atoms with Crippen LogP contribution in [-0.4, -0.2) is 19.7 Å². The molecule has 4 heteroatoms. The monoisotopic (exact) mass is 326 g/mol. The van der Waals surface area contributed by atoms with Gasteiger partial charge in [0.15, 0.2) is 0 Å². The lowest BCUT2D eigenvalue weighted by molar-refractivity contribution is -0.142. The molecule has 1 fully saturated rings. The summed E-state index contributed by atoms with van der Waals surface area (Å²) < 4.78 is 11.2. The summed E-state index contributed by atoms with van der Waals surface area (Å²) >= 11 is 3.52. The molecule has 3 nitrogen and oxygen atoms in total. The molecule has 0 aliphatic heterocycles. The van der Waals surface area contributed by atoms with E-state index in [1.54, 1.807) is 0 Å².